The van der Waals surface area contributed by atoms with E-state index in [0.29, 0.717) is 0 Å². The molecule has 0 atom stereocenters. The van der Waals surface area contributed by atoms with E-state index >= 15 is 0 Å². The molecule has 17 heavy (non-hydrogen) atoms. The molecule has 2 aromatic heterocycles. The topological polar surface area (TPSA) is 43.1 Å². The summed E-state index contributed by atoms with van der Waals surface area (Å²) in [5, 5.41) is 14.3. The van der Waals surface area contributed by atoms with E-state index in [4.69, 9.17) is 11.6 Å². The fourth-order valence-electron chi connectivity index (χ4n) is 1.59. The molecule has 1 aromatic carbocycles. The molecule has 0 radical (unpaired) electrons. The maximum Gasteiger partial charge on any atom is 0.234 e. The van der Waals surface area contributed by atoms with Gasteiger partial charge in [-0.15, -0.1) is 10.2 Å². The van der Waals surface area contributed by atoms with Gasteiger partial charge in [-0.05, 0) is 12.1 Å². The fourth-order valence-corrected chi connectivity index (χ4v) is 2.58. The lowest BCUT2D eigenvalue weighted by molar-refractivity contribution is 0.838. The van der Waals surface area contributed by atoms with E-state index in [9.17, 15) is 0 Å². The van der Waals surface area contributed by atoms with E-state index in [1.54, 1.807) is 4.52 Å². The highest BCUT2D eigenvalue weighted by molar-refractivity contribution is 7.19. The number of rotatable bonds is 2. The first-order valence-electron chi connectivity index (χ1n) is 5.25. The summed E-state index contributed by atoms with van der Waals surface area (Å²) in [6, 6.07) is 7.64. The molecule has 0 aliphatic rings. The van der Waals surface area contributed by atoms with Crippen molar-refractivity contribution in [3.05, 3.63) is 35.1 Å². The second-order valence-corrected chi connectivity index (χ2v) is 4.97. The largest absolute Gasteiger partial charge is 0.234 e. The number of hydrogen-bond acceptors (Lipinski definition) is 4. The van der Waals surface area contributed by atoms with Gasteiger partial charge in [-0.25, -0.2) is 0 Å². The molecule has 0 N–H and O–H groups in total. The highest BCUT2D eigenvalue weighted by Gasteiger charge is 2.11. The first kappa shape index (κ1) is 10.7. The molecular weight excluding hydrogens is 256 g/mol. The quantitative estimate of drug-likeness (QED) is 0.714. The maximum absolute atomic E-state index is 5.86. The van der Waals surface area contributed by atoms with Crippen LogP contribution in [0.3, 0.4) is 0 Å². The summed E-state index contributed by atoms with van der Waals surface area (Å²) < 4.78 is 1.80. The third kappa shape index (κ3) is 1.81. The van der Waals surface area contributed by atoms with E-state index in [1.807, 2.05) is 31.2 Å². The molecule has 86 valence electrons. The van der Waals surface area contributed by atoms with Gasteiger partial charge < -0.3 is 0 Å². The van der Waals surface area contributed by atoms with Crippen LogP contribution in [0.5, 0.6) is 0 Å². The molecule has 2 heterocycles. The summed E-state index contributed by atoms with van der Waals surface area (Å²) in [4.78, 5) is 0.826. The summed E-state index contributed by atoms with van der Waals surface area (Å²) >= 11 is 7.39. The van der Waals surface area contributed by atoms with E-state index in [0.717, 1.165) is 32.8 Å². The van der Waals surface area contributed by atoms with Crippen molar-refractivity contribution in [2.45, 2.75) is 13.3 Å². The zero-order valence-corrected chi connectivity index (χ0v) is 10.7. The van der Waals surface area contributed by atoms with Crippen molar-refractivity contribution in [1.82, 2.24) is 19.8 Å². The number of aromatic nitrogens is 4. The molecule has 0 saturated heterocycles. The number of nitrogens with zero attached hydrogens (tertiary/aromatic N) is 4. The number of aryl methyl sites for hydroxylation is 1. The molecule has 4 nitrogen and oxygen atoms in total. The Labute approximate surface area is 107 Å². The van der Waals surface area contributed by atoms with Crippen molar-refractivity contribution < 1.29 is 0 Å². The average Bonchev–Trinajstić information content (AvgIpc) is 2.89. The van der Waals surface area contributed by atoms with Gasteiger partial charge >= 0.3 is 0 Å². The van der Waals surface area contributed by atoms with Crippen LogP contribution in [-0.2, 0) is 6.42 Å². The highest BCUT2D eigenvalue weighted by atomic mass is 35.5. The monoisotopic (exact) mass is 264 g/mol. The predicted octanol–water partition coefficient (Wildman–Crippen LogP) is 3.07. The Hall–Kier alpha value is -1.46. The minimum atomic E-state index is 0.728. The van der Waals surface area contributed by atoms with Gasteiger partial charge in [0.1, 0.15) is 5.01 Å². The van der Waals surface area contributed by atoms with Gasteiger partial charge in [0.15, 0.2) is 5.82 Å². The lowest BCUT2D eigenvalue weighted by Crippen LogP contribution is -1.93. The number of halogens is 1. The van der Waals surface area contributed by atoms with Crippen LogP contribution in [0.1, 0.15) is 12.7 Å². The second kappa shape index (κ2) is 4.09. The molecule has 3 aromatic rings. The lowest BCUT2D eigenvalue weighted by atomic mass is 10.2. The minimum Gasteiger partial charge on any atom is -0.187 e. The van der Waals surface area contributed by atoms with Crippen LogP contribution in [0.4, 0.5) is 0 Å². The molecule has 0 bridgehead atoms. The summed E-state index contributed by atoms with van der Waals surface area (Å²) in [7, 11) is 0. The van der Waals surface area contributed by atoms with Gasteiger partial charge in [0.25, 0.3) is 0 Å². The van der Waals surface area contributed by atoms with E-state index in [1.165, 1.54) is 11.3 Å². The van der Waals surface area contributed by atoms with Crippen LogP contribution in [-0.4, -0.2) is 19.8 Å². The van der Waals surface area contributed by atoms with Crippen molar-refractivity contribution in [2.24, 2.45) is 0 Å². The van der Waals surface area contributed by atoms with Crippen molar-refractivity contribution in [2.75, 3.05) is 0 Å². The van der Waals surface area contributed by atoms with Gasteiger partial charge in [-0.1, -0.05) is 42.0 Å². The molecule has 0 amide bonds. The Morgan fingerprint density at radius 2 is 2.00 bits per heavy atom. The van der Waals surface area contributed by atoms with Gasteiger partial charge in [0, 0.05) is 17.0 Å². The molecule has 0 spiro atoms. The Morgan fingerprint density at radius 1 is 1.24 bits per heavy atom. The van der Waals surface area contributed by atoms with Crippen molar-refractivity contribution >= 4 is 27.9 Å². The molecule has 0 aliphatic carbocycles. The SMILES string of the molecule is CCc1nnc2sc(-c3ccc(Cl)cc3)nn12. The normalized spacial score (nSPS) is 11.2. The van der Waals surface area contributed by atoms with Gasteiger partial charge in [-0.2, -0.15) is 9.61 Å². The standard InChI is InChI=1S/C11H9ClN4S/c1-2-9-13-14-11-16(9)15-10(17-11)7-3-5-8(12)6-4-7/h3-6H,2H2,1H3. The molecule has 0 aliphatic heterocycles. The van der Waals surface area contributed by atoms with E-state index in [2.05, 4.69) is 15.3 Å². The van der Waals surface area contributed by atoms with Crippen molar-refractivity contribution in [3.8, 4) is 10.6 Å². The summed E-state index contributed by atoms with van der Waals surface area (Å²) in [6.07, 6.45) is 0.824. The van der Waals surface area contributed by atoms with Crippen LogP contribution in [0.15, 0.2) is 24.3 Å². The summed E-state index contributed by atoms with van der Waals surface area (Å²) in [5.74, 6) is 0.886. The minimum absolute atomic E-state index is 0.728. The van der Waals surface area contributed by atoms with Crippen LogP contribution in [0, 0.1) is 0 Å². The third-order valence-electron chi connectivity index (χ3n) is 2.46. The molecule has 3 rings (SSSR count). The molecular formula is C11H9ClN4S. The Morgan fingerprint density at radius 3 is 2.71 bits per heavy atom. The highest BCUT2D eigenvalue weighted by Crippen LogP contribution is 2.26. The Bertz CT molecular complexity index is 656. The number of fused-ring (bicyclic) bond motifs is 1. The number of hydrogen-bond donors (Lipinski definition) is 0. The maximum atomic E-state index is 5.86. The lowest BCUT2D eigenvalue weighted by Gasteiger charge is -1.94. The zero-order valence-electron chi connectivity index (χ0n) is 9.09. The summed E-state index contributed by atoms with van der Waals surface area (Å²) in [6.45, 7) is 2.04. The number of benzene rings is 1. The molecule has 6 heteroatoms. The zero-order chi connectivity index (χ0) is 11.8. The van der Waals surface area contributed by atoms with Gasteiger partial charge in [0.2, 0.25) is 4.96 Å². The van der Waals surface area contributed by atoms with Crippen LogP contribution in [0.2, 0.25) is 5.02 Å². The molecule has 0 unspecified atom stereocenters. The van der Waals surface area contributed by atoms with Crippen LogP contribution < -0.4 is 0 Å². The van der Waals surface area contributed by atoms with E-state index in [-0.39, 0.29) is 0 Å². The fraction of sp³-hybridized carbons (Fsp3) is 0.182. The van der Waals surface area contributed by atoms with Gasteiger partial charge in [0.05, 0.1) is 0 Å². The van der Waals surface area contributed by atoms with Crippen LogP contribution >= 0.6 is 22.9 Å². The predicted molar refractivity (Wildman–Crippen MR) is 68.5 cm³/mol. The first-order valence-corrected chi connectivity index (χ1v) is 6.44. The van der Waals surface area contributed by atoms with Gasteiger partial charge in [-0.3, -0.25) is 0 Å². The molecule has 0 fully saturated rings. The third-order valence-corrected chi connectivity index (χ3v) is 3.66. The Kier molecular flexibility index (Phi) is 2.57. The smallest absolute Gasteiger partial charge is 0.187 e. The molecule has 0 saturated carbocycles. The van der Waals surface area contributed by atoms with E-state index < -0.39 is 0 Å². The average molecular weight is 265 g/mol. The Balaban J connectivity index is 2.11. The van der Waals surface area contributed by atoms with Crippen LogP contribution in [0.25, 0.3) is 15.5 Å². The van der Waals surface area contributed by atoms with Crippen molar-refractivity contribution in [3.63, 3.8) is 0 Å². The summed E-state index contributed by atoms with van der Waals surface area (Å²) in [5.41, 5.74) is 1.05. The second-order valence-electron chi connectivity index (χ2n) is 3.58. The first-order chi connectivity index (χ1) is 8.28. The van der Waals surface area contributed by atoms with Crippen molar-refractivity contribution in [1.29, 1.82) is 0 Å².